The zero-order valence-corrected chi connectivity index (χ0v) is 15.0. The van der Waals surface area contributed by atoms with Crippen LogP contribution in [-0.4, -0.2) is 38.5 Å². The van der Waals surface area contributed by atoms with Gasteiger partial charge in [-0.15, -0.1) is 10.2 Å². The maximum atomic E-state index is 13.5. The number of alkyl halides is 1. The monoisotopic (exact) mass is 378 g/mol. The lowest BCUT2D eigenvalue weighted by Crippen LogP contribution is -2.16. The van der Waals surface area contributed by atoms with E-state index in [0.717, 1.165) is 10.9 Å². The highest BCUT2D eigenvalue weighted by Gasteiger charge is 2.16. The van der Waals surface area contributed by atoms with Gasteiger partial charge in [-0.3, -0.25) is 5.10 Å². The number of H-pyrrole nitrogens is 1. The van der Waals surface area contributed by atoms with Gasteiger partial charge >= 0.3 is 0 Å². The van der Waals surface area contributed by atoms with Gasteiger partial charge in [-0.2, -0.15) is 5.10 Å². The van der Waals surface area contributed by atoms with Gasteiger partial charge in [0.15, 0.2) is 11.6 Å². The van der Waals surface area contributed by atoms with Gasteiger partial charge in [-0.05, 0) is 17.7 Å². The third-order valence-corrected chi connectivity index (χ3v) is 4.24. The summed E-state index contributed by atoms with van der Waals surface area (Å²) in [5.41, 5.74) is 8.14. The molecule has 2 heterocycles. The minimum Gasteiger partial charge on any atom is -0.365 e. The van der Waals surface area contributed by atoms with Crippen molar-refractivity contribution in [3.8, 4) is 11.3 Å². The molecule has 142 valence electrons. The van der Waals surface area contributed by atoms with Crippen molar-refractivity contribution in [2.24, 2.45) is 5.73 Å². The summed E-state index contributed by atoms with van der Waals surface area (Å²) in [7, 11) is 0. The number of hydrogen-bond donors (Lipinski definition) is 4. The molecule has 2 aromatic heterocycles. The van der Waals surface area contributed by atoms with Crippen LogP contribution in [0.5, 0.6) is 0 Å². The van der Waals surface area contributed by atoms with E-state index in [-0.39, 0.29) is 5.95 Å². The molecular weight excluding hydrogens is 359 g/mol. The molecule has 0 aliphatic rings. The van der Waals surface area contributed by atoms with E-state index < -0.39 is 6.67 Å². The Kier molecular flexibility index (Phi) is 5.07. The number of benzene rings is 2. The SMILES string of the molecule is NCCNc1nnc(Nc2n[nH]c3ccccc23)nc1-c1ccccc1CF. The van der Waals surface area contributed by atoms with E-state index >= 15 is 0 Å². The lowest BCUT2D eigenvalue weighted by atomic mass is 10.1. The van der Waals surface area contributed by atoms with Crippen LogP contribution in [0.1, 0.15) is 5.56 Å². The lowest BCUT2D eigenvalue weighted by Gasteiger charge is -2.12. The van der Waals surface area contributed by atoms with E-state index in [0.29, 0.717) is 41.5 Å². The number of nitrogens with two attached hydrogens (primary N) is 1. The summed E-state index contributed by atoms with van der Waals surface area (Å²) in [4.78, 5) is 4.58. The van der Waals surface area contributed by atoms with Crippen LogP contribution in [-0.2, 0) is 6.67 Å². The number of rotatable bonds is 7. The Hall–Kier alpha value is -3.59. The third kappa shape index (κ3) is 3.47. The van der Waals surface area contributed by atoms with Crippen LogP contribution in [0.15, 0.2) is 48.5 Å². The van der Waals surface area contributed by atoms with Crippen LogP contribution in [0.3, 0.4) is 0 Å². The molecule has 0 bridgehead atoms. The molecule has 0 saturated heterocycles. The normalized spacial score (nSPS) is 10.9. The van der Waals surface area contributed by atoms with E-state index in [1.54, 1.807) is 18.2 Å². The summed E-state index contributed by atoms with van der Waals surface area (Å²) in [5.74, 6) is 1.30. The largest absolute Gasteiger partial charge is 0.365 e. The first-order chi connectivity index (χ1) is 13.8. The van der Waals surface area contributed by atoms with Crippen LogP contribution in [0.2, 0.25) is 0 Å². The number of nitrogens with one attached hydrogen (secondary N) is 3. The summed E-state index contributed by atoms with van der Waals surface area (Å²) < 4.78 is 13.5. The number of fused-ring (bicyclic) bond motifs is 1. The molecule has 0 radical (unpaired) electrons. The van der Waals surface area contributed by atoms with E-state index in [9.17, 15) is 4.39 Å². The van der Waals surface area contributed by atoms with Crippen LogP contribution >= 0.6 is 0 Å². The number of anilines is 3. The summed E-state index contributed by atoms with van der Waals surface area (Å²) in [6, 6.07) is 14.9. The minimum atomic E-state index is -0.608. The summed E-state index contributed by atoms with van der Waals surface area (Å²) in [5, 5.41) is 22.7. The van der Waals surface area contributed by atoms with Crippen molar-refractivity contribution in [3.05, 3.63) is 54.1 Å². The number of nitrogens with zero attached hydrogens (tertiary/aromatic N) is 4. The first kappa shape index (κ1) is 17.8. The fraction of sp³-hybridized carbons (Fsp3) is 0.158. The average molecular weight is 378 g/mol. The van der Waals surface area contributed by atoms with Crippen LogP contribution in [0.4, 0.5) is 22.0 Å². The van der Waals surface area contributed by atoms with Gasteiger partial charge in [0, 0.05) is 24.0 Å². The van der Waals surface area contributed by atoms with Gasteiger partial charge in [0.1, 0.15) is 12.4 Å². The molecule has 0 atom stereocenters. The molecule has 0 unspecified atom stereocenters. The maximum absolute atomic E-state index is 13.5. The number of para-hydroxylation sites is 1. The Bertz CT molecular complexity index is 1090. The van der Waals surface area contributed by atoms with Crippen molar-refractivity contribution < 1.29 is 4.39 Å². The highest BCUT2D eigenvalue weighted by atomic mass is 19.1. The Balaban J connectivity index is 1.75. The van der Waals surface area contributed by atoms with Crippen molar-refractivity contribution in [2.45, 2.75) is 6.67 Å². The van der Waals surface area contributed by atoms with Crippen LogP contribution in [0, 0.1) is 0 Å². The lowest BCUT2D eigenvalue weighted by molar-refractivity contribution is 0.486. The molecule has 8 nitrogen and oxygen atoms in total. The quantitative estimate of drug-likeness (QED) is 0.390. The van der Waals surface area contributed by atoms with E-state index in [4.69, 9.17) is 5.73 Å². The molecule has 0 spiro atoms. The molecule has 0 aliphatic carbocycles. The highest BCUT2D eigenvalue weighted by molar-refractivity contribution is 5.90. The van der Waals surface area contributed by atoms with Crippen molar-refractivity contribution >= 4 is 28.5 Å². The van der Waals surface area contributed by atoms with E-state index in [1.165, 1.54) is 0 Å². The first-order valence-electron chi connectivity index (χ1n) is 8.83. The number of aromatic nitrogens is 5. The predicted octanol–water partition coefficient (Wildman–Crippen LogP) is 3.00. The second-order valence-electron chi connectivity index (χ2n) is 6.08. The topological polar surface area (TPSA) is 117 Å². The zero-order chi connectivity index (χ0) is 19.3. The van der Waals surface area contributed by atoms with Gasteiger partial charge in [-0.1, -0.05) is 36.4 Å². The maximum Gasteiger partial charge on any atom is 0.249 e. The average Bonchev–Trinajstić information content (AvgIpc) is 3.15. The highest BCUT2D eigenvalue weighted by Crippen LogP contribution is 2.29. The van der Waals surface area contributed by atoms with Crippen molar-refractivity contribution in [1.82, 2.24) is 25.4 Å². The van der Waals surface area contributed by atoms with Gasteiger partial charge in [0.25, 0.3) is 0 Å². The zero-order valence-electron chi connectivity index (χ0n) is 15.0. The molecule has 9 heteroatoms. The summed E-state index contributed by atoms with van der Waals surface area (Å²) in [6.07, 6.45) is 0. The molecule has 0 fully saturated rings. The summed E-state index contributed by atoms with van der Waals surface area (Å²) in [6.45, 7) is 0.312. The Morgan fingerprint density at radius 3 is 2.68 bits per heavy atom. The molecule has 0 amide bonds. The molecule has 5 N–H and O–H groups in total. The van der Waals surface area contributed by atoms with Crippen molar-refractivity contribution in [2.75, 3.05) is 23.7 Å². The van der Waals surface area contributed by atoms with Crippen LogP contribution < -0.4 is 16.4 Å². The van der Waals surface area contributed by atoms with Crippen molar-refractivity contribution in [1.29, 1.82) is 0 Å². The smallest absolute Gasteiger partial charge is 0.249 e. The minimum absolute atomic E-state index is 0.263. The molecule has 28 heavy (non-hydrogen) atoms. The summed E-state index contributed by atoms with van der Waals surface area (Å²) >= 11 is 0. The number of hydrogen-bond acceptors (Lipinski definition) is 7. The number of aromatic amines is 1. The van der Waals surface area contributed by atoms with Gasteiger partial charge in [-0.25, -0.2) is 9.37 Å². The molecule has 4 rings (SSSR count). The van der Waals surface area contributed by atoms with Crippen LogP contribution in [0.25, 0.3) is 22.2 Å². The molecule has 2 aromatic carbocycles. The van der Waals surface area contributed by atoms with Gasteiger partial charge in [0.05, 0.1) is 5.52 Å². The predicted molar refractivity (Wildman–Crippen MR) is 107 cm³/mol. The molecular formula is C19H19FN8. The fourth-order valence-electron chi connectivity index (χ4n) is 2.91. The van der Waals surface area contributed by atoms with Gasteiger partial charge < -0.3 is 16.4 Å². The number of halogens is 1. The second kappa shape index (κ2) is 7.97. The Morgan fingerprint density at radius 1 is 1.00 bits per heavy atom. The van der Waals surface area contributed by atoms with E-state index in [1.807, 2.05) is 30.3 Å². The van der Waals surface area contributed by atoms with E-state index in [2.05, 4.69) is 36.0 Å². The molecule has 4 aromatic rings. The molecule has 0 aliphatic heterocycles. The Morgan fingerprint density at radius 2 is 1.82 bits per heavy atom. The molecule has 0 saturated carbocycles. The van der Waals surface area contributed by atoms with Crippen molar-refractivity contribution in [3.63, 3.8) is 0 Å². The fourth-order valence-corrected chi connectivity index (χ4v) is 2.91. The second-order valence-corrected chi connectivity index (χ2v) is 6.08. The third-order valence-electron chi connectivity index (χ3n) is 4.24. The van der Waals surface area contributed by atoms with Gasteiger partial charge in [0.2, 0.25) is 5.95 Å². The standard InChI is InChI=1S/C19H19FN8/c20-11-12-5-1-2-6-13(12)16-18(22-10-9-21)27-28-19(23-16)24-17-14-7-3-4-8-15(14)25-26-17/h1-8H,9-11,21H2,(H,22,27)(H2,23,24,25,26,28). The Labute approximate surface area is 160 Å². The first-order valence-corrected chi connectivity index (χ1v) is 8.83.